The van der Waals surface area contributed by atoms with E-state index in [0.29, 0.717) is 0 Å². The summed E-state index contributed by atoms with van der Waals surface area (Å²) in [5.41, 5.74) is 0. The van der Waals surface area contributed by atoms with Crippen molar-refractivity contribution in [1.82, 2.24) is 10.2 Å². The van der Waals surface area contributed by atoms with Crippen LogP contribution in [0.25, 0.3) is 0 Å². The third-order valence-corrected chi connectivity index (χ3v) is 3.55. The molecule has 84 valence electrons. The van der Waals surface area contributed by atoms with Crippen LogP contribution in [0, 0.1) is 0 Å². The Bertz CT molecular complexity index is 135. The Morgan fingerprint density at radius 1 is 1.43 bits per heavy atom. The van der Waals surface area contributed by atoms with E-state index in [1.165, 1.54) is 51.2 Å². The van der Waals surface area contributed by atoms with Gasteiger partial charge in [0.1, 0.15) is 0 Å². The molecule has 0 aromatic carbocycles. The number of nitrogens with one attached hydrogen (secondary N) is 1. The standard InChI is InChI=1S/C11H24N2S/c1-3-7-13(8-4-9-14-2)11-5-6-12-10-11/h11-12H,3-10H2,1-2H3. The molecule has 0 aromatic rings. The van der Waals surface area contributed by atoms with Crippen molar-refractivity contribution in [2.24, 2.45) is 0 Å². The van der Waals surface area contributed by atoms with Crippen LogP contribution in [0.2, 0.25) is 0 Å². The highest BCUT2D eigenvalue weighted by Crippen LogP contribution is 2.10. The molecule has 1 unspecified atom stereocenters. The third kappa shape index (κ3) is 4.20. The van der Waals surface area contributed by atoms with E-state index in [2.05, 4.69) is 23.4 Å². The summed E-state index contributed by atoms with van der Waals surface area (Å²) < 4.78 is 0. The van der Waals surface area contributed by atoms with Gasteiger partial charge in [-0.3, -0.25) is 4.90 Å². The van der Waals surface area contributed by atoms with Gasteiger partial charge in [0.15, 0.2) is 0 Å². The van der Waals surface area contributed by atoms with E-state index in [0.717, 1.165) is 6.04 Å². The van der Waals surface area contributed by atoms with Gasteiger partial charge in [0.25, 0.3) is 0 Å². The van der Waals surface area contributed by atoms with Crippen LogP contribution in [-0.4, -0.2) is 49.1 Å². The first-order chi connectivity index (χ1) is 6.88. The summed E-state index contributed by atoms with van der Waals surface area (Å²) in [6.07, 6.45) is 6.17. The average Bonchev–Trinajstić information content (AvgIpc) is 2.70. The highest BCUT2D eigenvalue weighted by atomic mass is 32.2. The maximum absolute atomic E-state index is 3.45. The summed E-state index contributed by atoms with van der Waals surface area (Å²) in [5.74, 6) is 1.31. The number of hydrogen-bond acceptors (Lipinski definition) is 3. The van der Waals surface area contributed by atoms with Gasteiger partial charge >= 0.3 is 0 Å². The molecule has 0 spiro atoms. The Labute approximate surface area is 92.8 Å². The van der Waals surface area contributed by atoms with E-state index in [1.807, 2.05) is 11.8 Å². The average molecular weight is 216 g/mol. The molecular weight excluding hydrogens is 192 g/mol. The first kappa shape index (κ1) is 12.3. The van der Waals surface area contributed by atoms with Gasteiger partial charge in [0.2, 0.25) is 0 Å². The highest BCUT2D eigenvalue weighted by molar-refractivity contribution is 7.98. The van der Waals surface area contributed by atoms with E-state index in [4.69, 9.17) is 0 Å². The highest BCUT2D eigenvalue weighted by Gasteiger charge is 2.20. The summed E-state index contributed by atoms with van der Waals surface area (Å²) in [6, 6.07) is 0.816. The first-order valence-corrected chi connectivity index (χ1v) is 7.21. The summed E-state index contributed by atoms with van der Waals surface area (Å²) in [7, 11) is 0. The van der Waals surface area contributed by atoms with Crippen LogP contribution in [0.1, 0.15) is 26.2 Å². The van der Waals surface area contributed by atoms with Gasteiger partial charge in [-0.05, 0) is 50.9 Å². The number of rotatable bonds is 7. The predicted molar refractivity (Wildman–Crippen MR) is 66.1 cm³/mol. The van der Waals surface area contributed by atoms with Gasteiger partial charge in [-0.15, -0.1) is 0 Å². The fourth-order valence-electron chi connectivity index (χ4n) is 2.13. The molecule has 1 aliphatic rings. The first-order valence-electron chi connectivity index (χ1n) is 5.82. The van der Waals surface area contributed by atoms with E-state index in [-0.39, 0.29) is 0 Å². The van der Waals surface area contributed by atoms with Crippen molar-refractivity contribution in [3.8, 4) is 0 Å². The van der Waals surface area contributed by atoms with Crippen LogP contribution < -0.4 is 5.32 Å². The molecule has 3 heteroatoms. The molecule has 1 rings (SSSR count). The zero-order chi connectivity index (χ0) is 10.2. The van der Waals surface area contributed by atoms with Crippen molar-refractivity contribution in [1.29, 1.82) is 0 Å². The van der Waals surface area contributed by atoms with Crippen LogP contribution in [0.15, 0.2) is 0 Å². The lowest BCUT2D eigenvalue weighted by molar-refractivity contribution is 0.209. The van der Waals surface area contributed by atoms with Crippen molar-refractivity contribution in [2.75, 3.05) is 38.2 Å². The summed E-state index contributed by atoms with van der Waals surface area (Å²) >= 11 is 1.96. The van der Waals surface area contributed by atoms with Crippen LogP contribution >= 0.6 is 11.8 Å². The van der Waals surface area contributed by atoms with E-state index >= 15 is 0 Å². The number of thioether (sulfide) groups is 1. The minimum atomic E-state index is 0.816. The molecule has 0 aliphatic carbocycles. The molecule has 1 saturated heterocycles. The maximum atomic E-state index is 3.45. The Morgan fingerprint density at radius 3 is 2.86 bits per heavy atom. The summed E-state index contributed by atoms with van der Waals surface area (Å²) in [6.45, 7) is 7.28. The Kier molecular flexibility index (Phi) is 6.65. The minimum Gasteiger partial charge on any atom is -0.315 e. The molecule has 0 saturated carbocycles. The van der Waals surface area contributed by atoms with Crippen molar-refractivity contribution < 1.29 is 0 Å². The lowest BCUT2D eigenvalue weighted by Gasteiger charge is -2.27. The van der Waals surface area contributed by atoms with E-state index < -0.39 is 0 Å². The molecule has 14 heavy (non-hydrogen) atoms. The molecular formula is C11H24N2S. The van der Waals surface area contributed by atoms with Crippen molar-refractivity contribution in [2.45, 2.75) is 32.2 Å². The normalized spacial score (nSPS) is 22.1. The van der Waals surface area contributed by atoms with Gasteiger partial charge in [0, 0.05) is 12.6 Å². The fourth-order valence-corrected chi connectivity index (χ4v) is 2.55. The SMILES string of the molecule is CCCN(CCCSC)C1CCNC1. The summed E-state index contributed by atoms with van der Waals surface area (Å²) in [4.78, 5) is 2.68. The van der Waals surface area contributed by atoms with Crippen molar-refractivity contribution in [3.05, 3.63) is 0 Å². The van der Waals surface area contributed by atoms with Gasteiger partial charge in [-0.25, -0.2) is 0 Å². The van der Waals surface area contributed by atoms with Crippen LogP contribution in [0.3, 0.4) is 0 Å². The Morgan fingerprint density at radius 2 is 2.29 bits per heavy atom. The predicted octanol–water partition coefficient (Wildman–Crippen LogP) is 1.81. The van der Waals surface area contributed by atoms with Gasteiger partial charge in [-0.1, -0.05) is 6.92 Å². The molecule has 1 aliphatic heterocycles. The molecule has 0 amide bonds. The second-order valence-electron chi connectivity index (χ2n) is 4.03. The smallest absolute Gasteiger partial charge is 0.0232 e. The lowest BCUT2D eigenvalue weighted by Crippen LogP contribution is -2.38. The van der Waals surface area contributed by atoms with E-state index in [9.17, 15) is 0 Å². The molecule has 1 fully saturated rings. The van der Waals surface area contributed by atoms with Gasteiger partial charge < -0.3 is 5.32 Å². The largest absolute Gasteiger partial charge is 0.315 e. The molecule has 0 aromatic heterocycles. The molecule has 1 N–H and O–H groups in total. The molecule has 1 heterocycles. The second-order valence-corrected chi connectivity index (χ2v) is 5.01. The summed E-state index contributed by atoms with van der Waals surface area (Å²) in [5, 5.41) is 3.45. The quantitative estimate of drug-likeness (QED) is 0.654. The van der Waals surface area contributed by atoms with E-state index in [1.54, 1.807) is 0 Å². The number of nitrogens with zero attached hydrogens (tertiary/aromatic N) is 1. The third-order valence-electron chi connectivity index (χ3n) is 2.86. The molecule has 2 nitrogen and oxygen atoms in total. The van der Waals surface area contributed by atoms with Crippen molar-refractivity contribution in [3.63, 3.8) is 0 Å². The fraction of sp³-hybridized carbons (Fsp3) is 1.00. The van der Waals surface area contributed by atoms with Crippen LogP contribution in [0.4, 0.5) is 0 Å². The molecule has 0 bridgehead atoms. The minimum absolute atomic E-state index is 0.816. The number of hydrogen-bond donors (Lipinski definition) is 1. The van der Waals surface area contributed by atoms with Crippen LogP contribution in [-0.2, 0) is 0 Å². The van der Waals surface area contributed by atoms with Crippen molar-refractivity contribution >= 4 is 11.8 Å². The molecule has 0 radical (unpaired) electrons. The Hall–Kier alpha value is 0.270. The second kappa shape index (κ2) is 7.55. The van der Waals surface area contributed by atoms with Gasteiger partial charge in [0.05, 0.1) is 0 Å². The topological polar surface area (TPSA) is 15.3 Å². The van der Waals surface area contributed by atoms with Gasteiger partial charge in [-0.2, -0.15) is 11.8 Å². The monoisotopic (exact) mass is 216 g/mol. The maximum Gasteiger partial charge on any atom is 0.0232 e. The van der Waals surface area contributed by atoms with Crippen LogP contribution in [0.5, 0.6) is 0 Å². The lowest BCUT2D eigenvalue weighted by atomic mass is 10.2. The molecule has 1 atom stereocenters. The zero-order valence-electron chi connectivity index (χ0n) is 9.59. The Balaban J connectivity index is 2.22. The zero-order valence-corrected chi connectivity index (χ0v) is 10.4.